The average molecular weight is 289 g/mol. The summed E-state index contributed by atoms with van der Waals surface area (Å²) in [6, 6.07) is 5.51. The maximum absolute atomic E-state index is 9.33. The van der Waals surface area contributed by atoms with E-state index in [4.69, 9.17) is 4.42 Å². The summed E-state index contributed by atoms with van der Waals surface area (Å²) < 4.78 is 5.92. The highest BCUT2D eigenvalue weighted by molar-refractivity contribution is 14.1. The Morgan fingerprint density at radius 1 is 1.54 bits per heavy atom. The summed E-state index contributed by atoms with van der Waals surface area (Å²) in [7, 11) is 0. The van der Waals surface area contributed by atoms with Crippen molar-refractivity contribution in [1.82, 2.24) is 4.98 Å². The first-order chi connectivity index (χ1) is 6.16. The van der Waals surface area contributed by atoms with Crippen LogP contribution in [0.2, 0.25) is 0 Å². The Kier molecular flexibility index (Phi) is 2.25. The molecular formula is C9H8INO2. The van der Waals surface area contributed by atoms with Crippen molar-refractivity contribution < 1.29 is 9.52 Å². The van der Waals surface area contributed by atoms with Gasteiger partial charge in [0.05, 0.1) is 6.10 Å². The van der Waals surface area contributed by atoms with E-state index in [1.165, 1.54) is 0 Å². The van der Waals surface area contributed by atoms with Gasteiger partial charge in [-0.25, -0.2) is 4.98 Å². The van der Waals surface area contributed by atoms with E-state index >= 15 is 0 Å². The molecule has 0 aliphatic carbocycles. The number of oxazole rings is 1. The fraction of sp³-hybridized carbons (Fsp3) is 0.222. The summed E-state index contributed by atoms with van der Waals surface area (Å²) in [4.78, 5) is 4.17. The minimum Gasteiger partial charge on any atom is -0.432 e. The van der Waals surface area contributed by atoms with Gasteiger partial charge in [-0.15, -0.1) is 0 Å². The van der Waals surface area contributed by atoms with Crippen LogP contribution in [0, 0.1) is 3.90 Å². The average Bonchev–Trinajstić information content (AvgIpc) is 2.42. The fourth-order valence-electron chi connectivity index (χ4n) is 1.18. The number of benzene rings is 1. The van der Waals surface area contributed by atoms with Gasteiger partial charge in [0, 0.05) is 22.6 Å². The smallest absolute Gasteiger partial charge is 0.258 e. The second-order valence-corrected chi connectivity index (χ2v) is 3.79. The van der Waals surface area contributed by atoms with E-state index in [9.17, 15) is 5.11 Å². The third kappa shape index (κ3) is 1.68. The first kappa shape index (κ1) is 8.96. The molecule has 2 rings (SSSR count). The van der Waals surface area contributed by atoms with E-state index in [2.05, 4.69) is 4.98 Å². The Morgan fingerprint density at radius 2 is 2.31 bits per heavy atom. The molecule has 4 heteroatoms. The van der Waals surface area contributed by atoms with E-state index in [1.54, 1.807) is 6.92 Å². The number of halogens is 1. The lowest BCUT2D eigenvalue weighted by atomic mass is 10.1. The van der Waals surface area contributed by atoms with Crippen molar-refractivity contribution >= 4 is 33.7 Å². The van der Waals surface area contributed by atoms with Crippen LogP contribution < -0.4 is 0 Å². The minimum atomic E-state index is -0.459. The van der Waals surface area contributed by atoms with Crippen LogP contribution in [0.3, 0.4) is 0 Å². The predicted molar refractivity (Wildman–Crippen MR) is 57.4 cm³/mol. The van der Waals surface area contributed by atoms with Crippen molar-refractivity contribution in [2.45, 2.75) is 13.0 Å². The Balaban J connectivity index is 2.61. The SMILES string of the molecule is CC(O)c1ccc2oc(I)nc2c1. The van der Waals surface area contributed by atoms with Crippen LogP contribution in [0.15, 0.2) is 22.6 Å². The number of fused-ring (bicyclic) bond motifs is 1. The molecule has 13 heavy (non-hydrogen) atoms. The van der Waals surface area contributed by atoms with Crippen LogP contribution in [0.25, 0.3) is 11.1 Å². The zero-order chi connectivity index (χ0) is 9.42. The second-order valence-electron chi connectivity index (χ2n) is 2.87. The number of aliphatic hydroxyl groups excluding tert-OH is 1. The summed E-state index contributed by atoms with van der Waals surface area (Å²) in [5, 5.41) is 9.33. The van der Waals surface area contributed by atoms with Crippen LogP contribution >= 0.6 is 22.6 Å². The monoisotopic (exact) mass is 289 g/mol. The second kappa shape index (κ2) is 3.26. The molecular weight excluding hydrogens is 281 g/mol. The molecule has 2 aromatic rings. The Bertz CT molecular complexity index is 436. The van der Waals surface area contributed by atoms with Gasteiger partial charge in [0.2, 0.25) is 0 Å². The third-order valence-electron chi connectivity index (χ3n) is 1.87. The zero-order valence-corrected chi connectivity index (χ0v) is 9.15. The molecule has 68 valence electrons. The number of aromatic nitrogens is 1. The zero-order valence-electron chi connectivity index (χ0n) is 6.99. The maximum Gasteiger partial charge on any atom is 0.258 e. The number of hydrogen-bond donors (Lipinski definition) is 1. The van der Waals surface area contributed by atoms with Gasteiger partial charge >= 0.3 is 0 Å². The number of rotatable bonds is 1. The summed E-state index contributed by atoms with van der Waals surface area (Å²) in [5.41, 5.74) is 2.41. The lowest BCUT2D eigenvalue weighted by Gasteiger charge is -2.01. The molecule has 1 N–H and O–H groups in total. The van der Waals surface area contributed by atoms with Gasteiger partial charge in [0.15, 0.2) is 5.58 Å². The Labute approximate surface area is 88.9 Å². The highest BCUT2D eigenvalue weighted by Gasteiger charge is 2.06. The van der Waals surface area contributed by atoms with Gasteiger partial charge in [-0.3, -0.25) is 0 Å². The number of nitrogens with zero attached hydrogens (tertiary/aromatic N) is 1. The van der Waals surface area contributed by atoms with Crippen LogP contribution in [-0.4, -0.2) is 10.1 Å². The van der Waals surface area contributed by atoms with Gasteiger partial charge in [-0.05, 0) is 24.6 Å². The molecule has 1 aromatic carbocycles. The summed E-state index contributed by atoms with van der Waals surface area (Å²) in [6.45, 7) is 1.73. The number of aliphatic hydroxyl groups is 1. The van der Waals surface area contributed by atoms with Crippen molar-refractivity contribution in [3.8, 4) is 0 Å². The van der Waals surface area contributed by atoms with Gasteiger partial charge < -0.3 is 9.52 Å². The van der Waals surface area contributed by atoms with E-state index in [1.807, 2.05) is 40.8 Å². The minimum absolute atomic E-state index is 0.459. The van der Waals surface area contributed by atoms with Crippen molar-refractivity contribution in [1.29, 1.82) is 0 Å². The molecule has 1 heterocycles. The van der Waals surface area contributed by atoms with E-state index in [0.29, 0.717) is 3.90 Å². The van der Waals surface area contributed by atoms with Crippen molar-refractivity contribution in [2.75, 3.05) is 0 Å². The van der Waals surface area contributed by atoms with Gasteiger partial charge in [-0.1, -0.05) is 6.07 Å². The van der Waals surface area contributed by atoms with Gasteiger partial charge in [0.1, 0.15) is 5.52 Å². The summed E-state index contributed by atoms with van der Waals surface area (Å²) in [6.07, 6.45) is -0.459. The molecule has 0 fully saturated rings. The standard InChI is InChI=1S/C9H8INO2/c1-5(12)6-2-3-8-7(4-6)11-9(10)13-8/h2-5,12H,1H3. The van der Waals surface area contributed by atoms with Crippen LogP contribution in [0.5, 0.6) is 0 Å². The molecule has 0 aliphatic rings. The molecule has 0 bridgehead atoms. The fourth-order valence-corrected chi connectivity index (χ4v) is 1.67. The van der Waals surface area contributed by atoms with E-state index in [-0.39, 0.29) is 0 Å². The van der Waals surface area contributed by atoms with Gasteiger partial charge in [0.25, 0.3) is 3.90 Å². The van der Waals surface area contributed by atoms with Crippen LogP contribution in [0.4, 0.5) is 0 Å². The van der Waals surface area contributed by atoms with Crippen molar-refractivity contribution in [2.24, 2.45) is 0 Å². The normalized spacial score (nSPS) is 13.5. The third-order valence-corrected chi connectivity index (χ3v) is 2.33. The van der Waals surface area contributed by atoms with Crippen LogP contribution in [-0.2, 0) is 0 Å². The topological polar surface area (TPSA) is 46.3 Å². The molecule has 3 nitrogen and oxygen atoms in total. The molecule has 1 aromatic heterocycles. The Morgan fingerprint density at radius 3 is 3.00 bits per heavy atom. The largest absolute Gasteiger partial charge is 0.432 e. The first-order valence-electron chi connectivity index (χ1n) is 3.91. The molecule has 0 saturated carbocycles. The lowest BCUT2D eigenvalue weighted by Crippen LogP contribution is -1.89. The van der Waals surface area contributed by atoms with Gasteiger partial charge in [-0.2, -0.15) is 0 Å². The van der Waals surface area contributed by atoms with Crippen molar-refractivity contribution in [3.63, 3.8) is 0 Å². The molecule has 1 atom stereocenters. The maximum atomic E-state index is 9.33. The highest BCUT2D eigenvalue weighted by atomic mass is 127. The molecule has 0 radical (unpaired) electrons. The summed E-state index contributed by atoms with van der Waals surface area (Å²) >= 11 is 2.02. The molecule has 0 aliphatic heterocycles. The van der Waals surface area contributed by atoms with E-state index < -0.39 is 6.10 Å². The summed E-state index contributed by atoms with van der Waals surface area (Å²) in [5.74, 6) is 0. The lowest BCUT2D eigenvalue weighted by molar-refractivity contribution is 0.199. The predicted octanol–water partition coefficient (Wildman–Crippen LogP) is 2.49. The first-order valence-corrected chi connectivity index (χ1v) is 4.99. The Hall–Kier alpha value is -0.620. The molecule has 0 amide bonds. The molecule has 0 spiro atoms. The molecule has 1 unspecified atom stereocenters. The quantitative estimate of drug-likeness (QED) is 0.820. The van der Waals surface area contributed by atoms with E-state index in [0.717, 1.165) is 16.7 Å². The van der Waals surface area contributed by atoms with Crippen LogP contribution in [0.1, 0.15) is 18.6 Å². The van der Waals surface area contributed by atoms with Crippen molar-refractivity contribution in [3.05, 3.63) is 27.7 Å². The molecule has 0 saturated heterocycles. The highest BCUT2D eigenvalue weighted by Crippen LogP contribution is 2.21. The number of hydrogen-bond acceptors (Lipinski definition) is 3.